The minimum Gasteiger partial charge on any atom is -0.353 e. The van der Waals surface area contributed by atoms with Crippen molar-refractivity contribution >= 4 is 5.91 Å². The van der Waals surface area contributed by atoms with Gasteiger partial charge < -0.3 is 11.1 Å². The van der Waals surface area contributed by atoms with Crippen molar-refractivity contribution in [1.29, 1.82) is 0 Å². The van der Waals surface area contributed by atoms with Gasteiger partial charge in [-0.05, 0) is 38.5 Å². The van der Waals surface area contributed by atoms with Crippen LogP contribution in [0.4, 0.5) is 0 Å². The Morgan fingerprint density at radius 2 is 1.73 bits per heavy atom. The van der Waals surface area contributed by atoms with Gasteiger partial charge in [0.05, 0.1) is 0 Å². The third-order valence-corrected chi connectivity index (χ3v) is 3.50. The lowest BCUT2D eigenvalue weighted by Crippen LogP contribution is -2.42. The first-order valence-corrected chi connectivity index (χ1v) is 5.96. The fourth-order valence-electron chi connectivity index (χ4n) is 2.41. The second-order valence-electron chi connectivity index (χ2n) is 4.76. The van der Waals surface area contributed by atoms with Crippen LogP contribution in [-0.2, 0) is 4.79 Å². The molecule has 3 heteroatoms. The summed E-state index contributed by atoms with van der Waals surface area (Å²) >= 11 is 0. The molecule has 0 bridgehead atoms. The monoisotopic (exact) mass is 208 g/mol. The zero-order valence-corrected chi connectivity index (χ0v) is 9.11. The molecule has 1 fully saturated rings. The smallest absolute Gasteiger partial charge is 0.223 e. The van der Waals surface area contributed by atoms with Crippen LogP contribution in [0.1, 0.15) is 38.5 Å². The summed E-state index contributed by atoms with van der Waals surface area (Å²) in [6.45, 7) is 0. The lowest BCUT2D eigenvalue weighted by molar-refractivity contribution is -0.125. The van der Waals surface area contributed by atoms with Crippen molar-refractivity contribution < 1.29 is 4.79 Å². The first kappa shape index (κ1) is 10.7. The third-order valence-electron chi connectivity index (χ3n) is 3.50. The molecule has 0 aromatic heterocycles. The average molecular weight is 208 g/mol. The number of carbonyl (C=O) groups is 1. The fraction of sp³-hybridized carbons (Fsp3) is 0.750. The highest BCUT2D eigenvalue weighted by Crippen LogP contribution is 2.21. The zero-order valence-electron chi connectivity index (χ0n) is 9.11. The van der Waals surface area contributed by atoms with Crippen LogP contribution in [0.2, 0.25) is 0 Å². The van der Waals surface area contributed by atoms with Gasteiger partial charge >= 0.3 is 0 Å². The molecule has 3 nitrogen and oxygen atoms in total. The largest absolute Gasteiger partial charge is 0.353 e. The maximum absolute atomic E-state index is 11.8. The lowest BCUT2D eigenvalue weighted by atomic mass is 9.91. The molecule has 0 unspecified atom stereocenters. The second kappa shape index (κ2) is 4.79. The predicted molar refractivity (Wildman–Crippen MR) is 60.2 cm³/mol. The zero-order chi connectivity index (χ0) is 10.7. The molecule has 0 aliphatic heterocycles. The Kier molecular flexibility index (Phi) is 3.41. The number of carbonyl (C=O) groups excluding carboxylic acids is 1. The van der Waals surface area contributed by atoms with E-state index in [-0.39, 0.29) is 11.8 Å². The van der Waals surface area contributed by atoms with Crippen LogP contribution < -0.4 is 11.1 Å². The molecule has 0 radical (unpaired) electrons. The number of nitrogens with one attached hydrogen (secondary N) is 1. The number of rotatable bonds is 2. The fourth-order valence-corrected chi connectivity index (χ4v) is 2.41. The highest BCUT2D eigenvalue weighted by Gasteiger charge is 2.24. The third kappa shape index (κ3) is 2.81. The molecule has 0 atom stereocenters. The van der Waals surface area contributed by atoms with Crippen LogP contribution in [0.15, 0.2) is 12.2 Å². The number of amides is 1. The van der Waals surface area contributed by atoms with Gasteiger partial charge in [0.15, 0.2) is 0 Å². The second-order valence-corrected chi connectivity index (χ2v) is 4.76. The molecular weight excluding hydrogens is 188 g/mol. The van der Waals surface area contributed by atoms with E-state index < -0.39 is 0 Å². The minimum atomic E-state index is 0.195. The van der Waals surface area contributed by atoms with E-state index in [0.717, 1.165) is 38.5 Å². The Bertz CT molecular complexity index is 246. The standard InChI is InChI=1S/C12H20N2O/c13-10-5-7-11(8-6-10)14-12(15)9-3-1-2-4-9/h1-2,9-11H,3-8,13H2,(H,14,15). The molecule has 0 aromatic carbocycles. The molecule has 2 aliphatic rings. The van der Waals surface area contributed by atoms with Gasteiger partial charge in [-0.3, -0.25) is 4.79 Å². The Morgan fingerprint density at radius 1 is 1.13 bits per heavy atom. The minimum absolute atomic E-state index is 0.195. The number of hydrogen-bond acceptors (Lipinski definition) is 2. The quantitative estimate of drug-likeness (QED) is 0.673. The van der Waals surface area contributed by atoms with Crippen LogP contribution in [0.5, 0.6) is 0 Å². The summed E-state index contributed by atoms with van der Waals surface area (Å²) < 4.78 is 0. The normalized spacial score (nSPS) is 31.8. The highest BCUT2D eigenvalue weighted by molar-refractivity contribution is 5.79. The van der Waals surface area contributed by atoms with E-state index in [1.54, 1.807) is 0 Å². The number of allylic oxidation sites excluding steroid dienone is 2. The van der Waals surface area contributed by atoms with Gasteiger partial charge in [-0.25, -0.2) is 0 Å². The van der Waals surface area contributed by atoms with E-state index in [9.17, 15) is 4.79 Å². The molecule has 1 amide bonds. The summed E-state index contributed by atoms with van der Waals surface area (Å²) in [7, 11) is 0. The number of hydrogen-bond donors (Lipinski definition) is 2. The van der Waals surface area contributed by atoms with Gasteiger partial charge in [0, 0.05) is 18.0 Å². The van der Waals surface area contributed by atoms with Crippen LogP contribution in [0.3, 0.4) is 0 Å². The van der Waals surface area contributed by atoms with E-state index in [1.165, 1.54) is 0 Å². The molecule has 0 aromatic rings. The molecular formula is C12H20N2O. The highest BCUT2D eigenvalue weighted by atomic mass is 16.1. The van der Waals surface area contributed by atoms with Crippen molar-refractivity contribution in [3.05, 3.63) is 12.2 Å². The molecule has 84 valence electrons. The molecule has 2 rings (SSSR count). The van der Waals surface area contributed by atoms with E-state index in [0.29, 0.717) is 12.1 Å². The molecule has 1 saturated carbocycles. The lowest BCUT2D eigenvalue weighted by Gasteiger charge is -2.27. The predicted octanol–water partition coefficient (Wildman–Crippen LogP) is 1.34. The molecule has 15 heavy (non-hydrogen) atoms. The van der Waals surface area contributed by atoms with Crippen molar-refractivity contribution in [1.82, 2.24) is 5.32 Å². The van der Waals surface area contributed by atoms with Gasteiger partial charge in [-0.2, -0.15) is 0 Å². The molecule has 0 saturated heterocycles. The molecule has 2 aliphatic carbocycles. The molecule has 3 N–H and O–H groups in total. The summed E-state index contributed by atoms with van der Waals surface area (Å²) in [5.41, 5.74) is 5.83. The van der Waals surface area contributed by atoms with E-state index >= 15 is 0 Å². The van der Waals surface area contributed by atoms with Crippen molar-refractivity contribution in [3.8, 4) is 0 Å². The van der Waals surface area contributed by atoms with Gasteiger partial charge in [0.1, 0.15) is 0 Å². The summed E-state index contributed by atoms with van der Waals surface area (Å²) in [5, 5.41) is 3.15. The maximum Gasteiger partial charge on any atom is 0.223 e. The molecule has 0 spiro atoms. The molecule has 0 heterocycles. The topological polar surface area (TPSA) is 55.1 Å². The van der Waals surface area contributed by atoms with E-state index in [2.05, 4.69) is 17.5 Å². The maximum atomic E-state index is 11.8. The van der Waals surface area contributed by atoms with Gasteiger partial charge in [0.2, 0.25) is 5.91 Å². The van der Waals surface area contributed by atoms with Crippen LogP contribution in [0, 0.1) is 5.92 Å². The summed E-state index contributed by atoms with van der Waals surface area (Å²) in [6, 6.07) is 0.726. The summed E-state index contributed by atoms with van der Waals surface area (Å²) in [4.78, 5) is 11.8. The Morgan fingerprint density at radius 3 is 2.33 bits per heavy atom. The van der Waals surface area contributed by atoms with Gasteiger partial charge in [-0.15, -0.1) is 0 Å². The van der Waals surface area contributed by atoms with Crippen molar-refractivity contribution in [2.45, 2.75) is 50.6 Å². The van der Waals surface area contributed by atoms with Gasteiger partial charge in [0.25, 0.3) is 0 Å². The SMILES string of the molecule is NC1CCC(NC(=O)C2CC=CC2)CC1. The first-order chi connectivity index (χ1) is 7.25. The Hall–Kier alpha value is -0.830. The van der Waals surface area contributed by atoms with E-state index in [1.807, 2.05) is 0 Å². The first-order valence-electron chi connectivity index (χ1n) is 5.96. The Labute approximate surface area is 91.1 Å². The van der Waals surface area contributed by atoms with Crippen molar-refractivity contribution in [2.75, 3.05) is 0 Å². The Balaban J connectivity index is 1.74. The van der Waals surface area contributed by atoms with Crippen molar-refractivity contribution in [2.24, 2.45) is 11.7 Å². The summed E-state index contributed by atoms with van der Waals surface area (Å²) in [6.07, 6.45) is 10.2. The number of nitrogens with two attached hydrogens (primary N) is 1. The van der Waals surface area contributed by atoms with Crippen LogP contribution in [-0.4, -0.2) is 18.0 Å². The summed E-state index contributed by atoms with van der Waals surface area (Å²) in [5.74, 6) is 0.432. The van der Waals surface area contributed by atoms with E-state index in [4.69, 9.17) is 5.73 Å². The average Bonchev–Trinajstić information content (AvgIpc) is 2.74. The van der Waals surface area contributed by atoms with Crippen molar-refractivity contribution in [3.63, 3.8) is 0 Å². The van der Waals surface area contributed by atoms with Crippen LogP contribution >= 0.6 is 0 Å². The van der Waals surface area contributed by atoms with Crippen LogP contribution in [0.25, 0.3) is 0 Å². The van der Waals surface area contributed by atoms with Gasteiger partial charge in [-0.1, -0.05) is 12.2 Å².